The molecule has 0 aliphatic rings. The summed E-state index contributed by atoms with van der Waals surface area (Å²) in [5.41, 5.74) is 0.408. The molecule has 1 aromatic rings. The maximum Gasteiger partial charge on any atom is 0.346 e. The molecular formula is C10H15N3O3S. The molecule has 94 valence electrons. The average Bonchev–Trinajstić information content (AvgIpc) is 2.27. The third-order valence-corrected chi connectivity index (χ3v) is 2.96. The van der Waals surface area contributed by atoms with Crippen molar-refractivity contribution in [1.82, 2.24) is 14.9 Å². The summed E-state index contributed by atoms with van der Waals surface area (Å²) in [4.78, 5) is 30.9. The Morgan fingerprint density at radius 2 is 2.24 bits per heavy atom. The fraction of sp³-hybridized carbons (Fsp3) is 0.500. The van der Waals surface area contributed by atoms with Gasteiger partial charge in [-0.25, -0.2) is 4.79 Å². The van der Waals surface area contributed by atoms with Gasteiger partial charge in [-0.2, -0.15) is 4.98 Å². The molecule has 0 fully saturated rings. The third kappa shape index (κ3) is 3.07. The molecule has 0 aliphatic carbocycles. The predicted octanol–water partition coefficient (Wildman–Crippen LogP) is -0.135. The van der Waals surface area contributed by atoms with Crippen LogP contribution in [0.5, 0.6) is 0 Å². The van der Waals surface area contributed by atoms with Crippen LogP contribution in [0.15, 0.2) is 9.82 Å². The highest BCUT2D eigenvalue weighted by Crippen LogP contribution is 2.19. The normalized spacial score (nSPS) is 10.4. The van der Waals surface area contributed by atoms with Crippen molar-refractivity contribution >= 4 is 17.7 Å². The first-order chi connectivity index (χ1) is 8.01. The number of likely N-dealkylation sites (N-methyl/N-ethyl adjacent to an activating group) is 1. The lowest BCUT2D eigenvalue weighted by molar-refractivity contribution is 0.0761. The van der Waals surface area contributed by atoms with Crippen molar-refractivity contribution in [2.75, 3.05) is 26.5 Å². The highest BCUT2D eigenvalue weighted by molar-refractivity contribution is 7.98. The fourth-order valence-corrected chi connectivity index (χ4v) is 2.02. The number of aromatic nitrogens is 2. The minimum absolute atomic E-state index is 0.104. The Labute approximate surface area is 103 Å². The van der Waals surface area contributed by atoms with E-state index in [1.165, 1.54) is 16.7 Å². The molecule has 0 atom stereocenters. The Bertz CT molecular complexity index is 472. The van der Waals surface area contributed by atoms with E-state index in [2.05, 4.69) is 9.97 Å². The van der Waals surface area contributed by atoms with Gasteiger partial charge in [0.05, 0.1) is 12.2 Å². The number of nitrogens with one attached hydrogen (secondary N) is 1. The molecule has 7 heteroatoms. The number of H-pyrrole nitrogens is 1. The number of aryl methyl sites for hydroxylation is 1. The molecule has 17 heavy (non-hydrogen) atoms. The zero-order chi connectivity index (χ0) is 13.0. The Morgan fingerprint density at radius 3 is 2.76 bits per heavy atom. The zero-order valence-electron chi connectivity index (χ0n) is 9.98. The molecule has 2 N–H and O–H groups in total. The number of aliphatic hydroxyl groups excluding tert-OH is 1. The standard InChI is InChI=1S/C10H15N3O3S/c1-6-7(9(15)13(2)4-5-14)8(17-3)12-10(16)11-6/h14H,4-5H2,1-3H3,(H,11,12,16). The van der Waals surface area contributed by atoms with Crippen LogP contribution in [0, 0.1) is 6.92 Å². The van der Waals surface area contributed by atoms with Crippen molar-refractivity contribution in [3.63, 3.8) is 0 Å². The van der Waals surface area contributed by atoms with Gasteiger partial charge in [0.25, 0.3) is 5.91 Å². The van der Waals surface area contributed by atoms with E-state index < -0.39 is 5.69 Å². The summed E-state index contributed by atoms with van der Waals surface area (Å²) < 4.78 is 0. The van der Waals surface area contributed by atoms with Gasteiger partial charge in [0, 0.05) is 19.3 Å². The van der Waals surface area contributed by atoms with Crippen molar-refractivity contribution in [3.05, 3.63) is 21.7 Å². The van der Waals surface area contributed by atoms with Crippen LogP contribution < -0.4 is 5.69 Å². The summed E-state index contributed by atoms with van der Waals surface area (Å²) in [5.74, 6) is -0.260. The number of aromatic amines is 1. The van der Waals surface area contributed by atoms with E-state index in [1.54, 1.807) is 20.2 Å². The Morgan fingerprint density at radius 1 is 1.59 bits per heavy atom. The van der Waals surface area contributed by atoms with E-state index in [0.29, 0.717) is 16.3 Å². The number of amides is 1. The van der Waals surface area contributed by atoms with Crippen LogP contribution in [0.1, 0.15) is 16.1 Å². The number of thioether (sulfide) groups is 1. The monoisotopic (exact) mass is 257 g/mol. The molecule has 0 saturated heterocycles. The first-order valence-electron chi connectivity index (χ1n) is 5.02. The van der Waals surface area contributed by atoms with Crippen LogP contribution in [0.25, 0.3) is 0 Å². The van der Waals surface area contributed by atoms with E-state index in [1.807, 2.05) is 0 Å². The van der Waals surface area contributed by atoms with Gasteiger partial charge in [0.15, 0.2) is 0 Å². The summed E-state index contributed by atoms with van der Waals surface area (Å²) in [6.07, 6.45) is 1.75. The summed E-state index contributed by atoms with van der Waals surface area (Å²) in [6, 6.07) is 0. The third-order valence-electron chi connectivity index (χ3n) is 2.28. The topological polar surface area (TPSA) is 86.3 Å². The number of carbonyl (C=O) groups is 1. The molecule has 1 rings (SSSR count). The number of hydrogen-bond donors (Lipinski definition) is 2. The van der Waals surface area contributed by atoms with E-state index >= 15 is 0 Å². The highest BCUT2D eigenvalue weighted by Gasteiger charge is 2.19. The molecule has 0 unspecified atom stereocenters. The first-order valence-corrected chi connectivity index (χ1v) is 6.25. The maximum absolute atomic E-state index is 12.1. The molecule has 1 aromatic heterocycles. The Hall–Kier alpha value is -1.34. The quantitative estimate of drug-likeness (QED) is 0.579. The summed E-state index contributed by atoms with van der Waals surface area (Å²) in [5, 5.41) is 9.20. The minimum atomic E-state index is -0.465. The van der Waals surface area contributed by atoms with E-state index in [4.69, 9.17) is 5.11 Å². The van der Waals surface area contributed by atoms with E-state index in [9.17, 15) is 9.59 Å². The number of hydrogen-bond acceptors (Lipinski definition) is 5. The molecule has 0 aliphatic heterocycles. The van der Waals surface area contributed by atoms with Gasteiger partial charge >= 0.3 is 5.69 Å². The van der Waals surface area contributed by atoms with Gasteiger partial charge < -0.3 is 15.0 Å². The molecule has 0 bridgehead atoms. The van der Waals surface area contributed by atoms with E-state index in [-0.39, 0.29) is 19.1 Å². The SMILES string of the molecule is CSc1nc(=O)[nH]c(C)c1C(=O)N(C)CCO. The van der Waals surface area contributed by atoms with Gasteiger partial charge in [-0.3, -0.25) is 4.79 Å². The smallest absolute Gasteiger partial charge is 0.346 e. The molecule has 0 aromatic carbocycles. The maximum atomic E-state index is 12.1. The zero-order valence-corrected chi connectivity index (χ0v) is 10.8. The largest absolute Gasteiger partial charge is 0.395 e. The minimum Gasteiger partial charge on any atom is -0.395 e. The van der Waals surface area contributed by atoms with Gasteiger partial charge in [-0.1, -0.05) is 0 Å². The fourth-order valence-electron chi connectivity index (χ4n) is 1.40. The van der Waals surface area contributed by atoms with Crippen LogP contribution >= 0.6 is 11.8 Å². The predicted molar refractivity (Wildman–Crippen MR) is 65.4 cm³/mol. The number of nitrogens with zero attached hydrogens (tertiary/aromatic N) is 2. The summed E-state index contributed by atoms with van der Waals surface area (Å²) in [7, 11) is 1.59. The molecule has 0 spiro atoms. The Balaban J connectivity index is 3.21. The van der Waals surface area contributed by atoms with Crippen molar-refractivity contribution < 1.29 is 9.90 Å². The first kappa shape index (κ1) is 13.7. The van der Waals surface area contributed by atoms with Crippen LogP contribution in [0.2, 0.25) is 0 Å². The summed E-state index contributed by atoms with van der Waals surface area (Å²) in [6.45, 7) is 1.79. The second kappa shape index (κ2) is 5.83. The number of carbonyl (C=O) groups excluding carboxylic acids is 1. The van der Waals surface area contributed by atoms with Crippen molar-refractivity contribution in [2.45, 2.75) is 11.9 Å². The lowest BCUT2D eigenvalue weighted by Crippen LogP contribution is -2.32. The molecule has 0 saturated carbocycles. The van der Waals surface area contributed by atoms with Gasteiger partial charge in [-0.05, 0) is 13.2 Å². The molecule has 1 amide bonds. The van der Waals surface area contributed by atoms with Crippen LogP contribution in [-0.2, 0) is 0 Å². The molecule has 1 heterocycles. The Kier molecular flexibility index (Phi) is 4.71. The van der Waals surface area contributed by atoms with Crippen molar-refractivity contribution in [2.24, 2.45) is 0 Å². The lowest BCUT2D eigenvalue weighted by atomic mass is 10.2. The van der Waals surface area contributed by atoms with E-state index in [0.717, 1.165) is 0 Å². The molecule has 0 radical (unpaired) electrons. The molecule has 6 nitrogen and oxygen atoms in total. The van der Waals surface area contributed by atoms with Crippen LogP contribution in [-0.4, -0.2) is 52.3 Å². The van der Waals surface area contributed by atoms with Gasteiger partial charge in [0.1, 0.15) is 5.03 Å². The van der Waals surface area contributed by atoms with Gasteiger partial charge in [-0.15, -0.1) is 11.8 Å². The second-order valence-electron chi connectivity index (χ2n) is 3.50. The summed E-state index contributed by atoms with van der Waals surface area (Å²) >= 11 is 1.25. The highest BCUT2D eigenvalue weighted by atomic mass is 32.2. The average molecular weight is 257 g/mol. The number of rotatable bonds is 4. The van der Waals surface area contributed by atoms with Crippen molar-refractivity contribution in [1.29, 1.82) is 0 Å². The number of aliphatic hydroxyl groups is 1. The van der Waals surface area contributed by atoms with Gasteiger partial charge in [0.2, 0.25) is 0 Å². The lowest BCUT2D eigenvalue weighted by Gasteiger charge is -2.17. The van der Waals surface area contributed by atoms with Crippen LogP contribution in [0.4, 0.5) is 0 Å². The molecular weight excluding hydrogens is 242 g/mol. The second-order valence-corrected chi connectivity index (χ2v) is 4.30. The van der Waals surface area contributed by atoms with Crippen LogP contribution in [0.3, 0.4) is 0 Å². The van der Waals surface area contributed by atoms with Crippen molar-refractivity contribution in [3.8, 4) is 0 Å².